The van der Waals surface area contributed by atoms with Crippen molar-refractivity contribution in [3.05, 3.63) is 70.8 Å². The number of ketones is 4. The Morgan fingerprint density at radius 2 is 0.674 bits per heavy atom. The van der Waals surface area contributed by atoms with Crippen LogP contribution >= 0.6 is 0 Å². The topological polar surface area (TPSA) is 227 Å². The molecule has 4 aromatic rings. The van der Waals surface area contributed by atoms with E-state index in [0.717, 1.165) is 0 Å². The van der Waals surface area contributed by atoms with Crippen LogP contribution in [0.1, 0.15) is 41.4 Å². The zero-order chi connectivity index (χ0) is 34.0. The summed E-state index contributed by atoms with van der Waals surface area (Å²) in [7, 11) is 5.22. The molecule has 0 aromatic heterocycles. The molecule has 14 nitrogen and oxygen atoms in total. The molecule has 0 saturated carbocycles. The van der Waals surface area contributed by atoms with Crippen molar-refractivity contribution in [2.24, 2.45) is 0 Å². The first-order valence-electron chi connectivity index (χ1n) is 13.0. The summed E-state index contributed by atoms with van der Waals surface area (Å²) in [5, 5.41) is 63.3. The van der Waals surface area contributed by atoms with Gasteiger partial charge in [0.25, 0.3) is 0 Å². The summed E-state index contributed by atoms with van der Waals surface area (Å²) >= 11 is 0. The maximum atomic E-state index is 13.3. The van der Waals surface area contributed by atoms with Crippen LogP contribution in [0.25, 0.3) is 11.1 Å². The Kier molecular flexibility index (Phi) is 8.93. The van der Waals surface area contributed by atoms with Gasteiger partial charge >= 0.3 is 0 Å². The van der Waals surface area contributed by atoms with E-state index in [2.05, 4.69) is 0 Å². The average molecular weight is 635 g/mol. The van der Waals surface area contributed by atoms with Gasteiger partial charge in [-0.1, -0.05) is 0 Å². The molecule has 4 rings (SSSR count). The Morgan fingerprint density at radius 3 is 0.935 bits per heavy atom. The fraction of sp³-hybridized carbons (Fsp3) is 0.125. The first kappa shape index (κ1) is 32.5. The second-order valence-electron chi connectivity index (χ2n) is 9.55. The molecule has 0 bridgehead atoms. The number of ether oxygens (including phenoxy) is 4. The maximum Gasteiger partial charge on any atom is 0.237 e. The molecular formula is C32H26O14. The summed E-state index contributed by atoms with van der Waals surface area (Å²) in [6.07, 6.45) is 0. The van der Waals surface area contributed by atoms with Crippen LogP contribution in [-0.2, 0) is 0 Å². The lowest BCUT2D eigenvalue weighted by atomic mass is 9.91. The van der Waals surface area contributed by atoms with Crippen LogP contribution in [-0.4, -0.2) is 82.2 Å². The number of phenols is 6. The fourth-order valence-corrected chi connectivity index (χ4v) is 4.44. The van der Waals surface area contributed by atoms with Crippen molar-refractivity contribution < 1.29 is 68.8 Å². The number of rotatable bonds is 11. The minimum Gasteiger partial charge on any atom is -0.504 e. The standard InChI is InChI=1S/C32H26O14/c1-43-15-5-13(6-16(9-15)44-2)23(33)27(37)21-11-19(25(35)31(41)29(21)39)20-12-22(30(40)32(42)26(20)36)28(38)24(34)14-7-17(45-3)10-18(8-14)46-4/h5-12,35-36,39-42H,1-4H3. The molecule has 0 spiro atoms. The number of aromatic hydroxyl groups is 6. The zero-order valence-corrected chi connectivity index (χ0v) is 24.6. The molecule has 238 valence electrons. The van der Waals surface area contributed by atoms with Crippen LogP contribution in [0.3, 0.4) is 0 Å². The summed E-state index contributed by atoms with van der Waals surface area (Å²) in [6.45, 7) is 0. The first-order chi connectivity index (χ1) is 21.8. The van der Waals surface area contributed by atoms with Gasteiger partial charge in [0.15, 0.2) is 23.0 Å². The van der Waals surface area contributed by atoms with Crippen LogP contribution in [0.15, 0.2) is 48.5 Å². The third-order valence-corrected chi connectivity index (χ3v) is 6.91. The van der Waals surface area contributed by atoms with Gasteiger partial charge in [-0.15, -0.1) is 0 Å². The van der Waals surface area contributed by atoms with Crippen molar-refractivity contribution in [3.8, 4) is 68.6 Å². The highest BCUT2D eigenvalue weighted by atomic mass is 16.5. The maximum absolute atomic E-state index is 13.3. The molecule has 0 unspecified atom stereocenters. The number of carbonyl (C=O) groups is 4. The minimum atomic E-state index is -1.40. The summed E-state index contributed by atoms with van der Waals surface area (Å²) in [5.41, 5.74) is -3.58. The van der Waals surface area contributed by atoms with Crippen LogP contribution < -0.4 is 18.9 Å². The predicted octanol–water partition coefficient (Wildman–Crippen LogP) is 3.75. The summed E-state index contributed by atoms with van der Waals surface area (Å²) in [6, 6.07) is 9.06. The molecule has 0 amide bonds. The molecule has 0 radical (unpaired) electrons. The van der Waals surface area contributed by atoms with E-state index >= 15 is 0 Å². The van der Waals surface area contributed by atoms with Crippen LogP contribution in [0, 0.1) is 0 Å². The monoisotopic (exact) mass is 634 g/mol. The Balaban J connectivity index is 1.86. The van der Waals surface area contributed by atoms with Gasteiger partial charge in [0.2, 0.25) is 34.6 Å². The van der Waals surface area contributed by atoms with E-state index in [1.54, 1.807) is 0 Å². The van der Waals surface area contributed by atoms with Gasteiger partial charge in [-0.25, -0.2) is 0 Å². The normalized spacial score (nSPS) is 10.6. The largest absolute Gasteiger partial charge is 0.504 e. The SMILES string of the molecule is COc1cc(OC)cc(C(=O)C(=O)c2cc(-c3cc(C(=O)C(=O)c4cc(OC)cc(OC)c4)c(O)c(O)c3O)c(O)c(O)c2O)c1. The van der Waals surface area contributed by atoms with Crippen molar-refractivity contribution in [1.82, 2.24) is 0 Å². The lowest BCUT2D eigenvalue weighted by molar-refractivity contribution is 0.0814. The number of methoxy groups -OCH3 is 4. The van der Waals surface area contributed by atoms with Crippen LogP contribution in [0.5, 0.6) is 57.5 Å². The van der Waals surface area contributed by atoms with Crippen LogP contribution in [0.4, 0.5) is 0 Å². The van der Waals surface area contributed by atoms with E-state index in [4.69, 9.17) is 18.9 Å². The molecule has 0 aliphatic heterocycles. The van der Waals surface area contributed by atoms with E-state index in [-0.39, 0.29) is 34.1 Å². The van der Waals surface area contributed by atoms with Gasteiger partial charge in [-0.3, -0.25) is 19.2 Å². The third-order valence-electron chi connectivity index (χ3n) is 6.91. The second-order valence-corrected chi connectivity index (χ2v) is 9.55. The number of carbonyl (C=O) groups excluding carboxylic acids is 4. The molecule has 0 atom stereocenters. The predicted molar refractivity (Wildman–Crippen MR) is 158 cm³/mol. The van der Waals surface area contributed by atoms with Crippen molar-refractivity contribution in [2.45, 2.75) is 0 Å². The first-order valence-corrected chi connectivity index (χ1v) is 13.0. The molecule has 0 aliphatic rings. The number of hydrogen-bond acceptors (Lipinski definition) is 14. The summed E-state index contributed by atoms with van der Waals surface area (Å²) in [4.78, 5) is 52.9. The molecule has 0 saturated heterocycles. The highest BCUT2D eigenvalue weighted by Crippen LogP contribution is 2.51. The minimum absolute atomic E-state index is 0.151. The van der Waals surface area contributed by atoms with Crippen molar-refractivity contribution in [2.75, 3.05) is 28.4 Å². The Morgan fingerprint density at radius 1 is 0.391 bits per heavy atom. The molecule has 0 fully saturated rings. The molecule has 0 heterocycles. The molecule has 46 heavy (non-hydrogen) atoms. The highest BCUT2D eigenvalue weighted by Gasteiger charge is 2.32. The molecule has 6 N–H and O–H groups in total. The average Bonchev–Trinajstić information content (AvgIpc) is 3.08. The summed E-state index contributed by atoms with van der Waals surface area (Å²) < 4.78 is 20.4. The number of Topliss-reactive ketones (excluding diaryl/α,β-unsaturated/α-hetero) is 4. The Bertz CT molecular complexity index is 1740. The van der Waals surface area contributed by atoms with Gasteiger partial charge in [0.05, 0.1) is 39.6 Å². The smallest absolute Gasteiger partial charge is 0.237 e. The van der Waals surface area contributed by atoms with Gasteiger partial charge in [0, 0.05) is 34.4 Å². The van der Waals surface area contributed by atoms with Crippen molar-refractivity contribution >= 4 is 23.1 Å². The molecule has 14 heteroatoms. The van der Waals surface area contributed by atoms with Gasteiger partial charge < -0.3 is 49.6 Å². The van der Waals surface area contributed by atoms with E-state index in [1.807, 2.05) is 0 Å². The number of benzene rings is 4. The Hall–Kier alpha value is -6.44. The summed E-state index contributed by atoms with van der Waals surface area (Å²) in [5.74, 6) is -12.0. The molecular weight excluding hydrogens is 608 g/mol. The van der Waals surface area contributed by atoms with Gasteiger partial charge in [-0.2, -0.15) is 0 Å². The molecule has 0 aliphatic carbocycles. The zero-order valence-electron chi connectivity index (χ0n) is 24.6. The molecule has 4 aromatic carbocycles. The fourth-order valence-electron chi connectivity index (χ4n) is 4.44. The third kappa shape index (κ3) is 5.74. The van der Waals surface area contributed by atoms with Gasteiger partial charge in [-0.05, 0) is 36.4 Å². The van der Waals surface area contributed by atoms with Gasteiger partial charge in [0.1, 0.15) is 23.0 Å². The lowest BCUT2D eigenvalue weighted by Gasteiger charge is -2.16. The van der Waals surface area contributed by atoms with Crippen LogP contribution in [0.2, 0.25) is 0 Å². The lowest BCUT2D eigenvalue weighted by Crippen LogP contribution is -2.16. The number of phenolic OH excluding ortho intramolecular Hbond substituents is 6. The Labute approximate surface area is 259 Å². The van der Waals surface area contributed by atoms with Crippen molar-refractivity contribution in [3.63, 3.8) is 0 Å². The second kappa shape index (κ2) is 12.7. The highest BCUT2D eigenvalue weighted by molar-refractivity contribution is 6.50. The quantitative estimate of drug-likeness (QED) is 0.0785. The van der Waals surface area contributed by atoms with E-state index in [9.17, 15) is 49.8 Å². The van der Waals surface area contributed by atoms with E-state index < -0.39 is 79.9 Å². The number of hydrogen-bond donors (Lipinski definition) is 6. The van der Waals surface area contributed by atoms with E-state index in [1.165, 1.54) is 64.8 Å². The van der Waals surface area contributed by atoms with E-state index in [0.29, 0.717) is 12.1 Å². The van der Waals surface area contributed by atoms with Crippen molar-refractivity contribution in [1.29, 1.82) is 0 Å².